The number of nitrogen functional groups attached to an aromatic ring is 1. The van der Waals surface area contributed by atoms with Gasteiger partial charge in [-0.3, -0.25) is 4.79 Å². The molecule has 94 valence electrons. The van der Waals surface area contributed by atoms with Crippen molar-refractivity contribution in [1.82, 2.24) is 9.27 Å². The molecule has 0 aromatic carbocycles. The number of primary amides is 1. The van der Waals surface area contributed by atoms with Gasteiger partial charge >= 0.3 is 0 Å². The van der Waals surface area contributed by atoms with Crippen LogP contribution in [0.4, 0.5) is 10.8 Å². The van der Waals surface area contributed by atoms with Crippen LogP contribution in [-0.4, -0.2) is 48.4 Å². The number of likely N-dealkylation sites (N-methyl/N-ethyl adjacent to an activating group) is 1. The number of nitrogens with two attached hydrogens (primary N) is 2. The Morgan fingerprint density at radius 1 is 1.35 bits per heavy atom. The Morgan fingerprint density at radius 2 is 2.12 bits per heavy atom. The number of amides is 1. The molecule has 0 saturated carbocycles. The minimum Gasteiger partial charge on any atom is -0.382 e. The van der Waals surface area contributed by atoms with Gasteiger partial charge in [-0.1, -0.05) is 0 Å². The van der Waals surface area contributed by atoms with Crippen LogP contribution in [0.15, 0.2) is 0 Å². The Morgan fingerprint density at radius 3 is 2.82 bits per heavy atom. The molecule has 1 amide bonds. The van der Waals surface area contributed by atoms with E-state index in [2.05, 4.69) is 21.2 Å². The predicted molar refractivity (Wildman–Crippen MR) is 69.4 cm³/mol. The van der Waals surface area contributed by atoms with Crippen LogP contribution in [0.25, 0.3) is 0 Å². The molecule has 0 radical (unpaired) electrons. The molecule has 4 N–H and O–H groups in total. The van der Waals surface area contributed by atoms with Crippen LogP contribution in [0.5, 0.6) is 0 Å². The molecule has 0 aliphatic carbocycles. The molecular weight excluding hydrogens is 238 g/mol. The summed E-state index contributed by atoms with van der Waals surface area (Å²) in [4.78, 5) is 15.8. The van der Waals surface area contributed by atoms with Crippen LogP contribution in [0.2, 0.25) is 0 Å². The molecule has 0 bridgehead atoms. The van der Waals surface area contributed by atoms with E-state index in [1.807, 2.05) is 0 Å². The van der Waals surface area contributed by atoms with E-state index in [9.17, 15) is 4.79 Å². The lowest BCUT2D eigenvalue weighted by Gasteiger charge is -2.21. The quantitative estimate of drug-likeness (QED) is 0.774. The molecule has 0 atom stereocenters. The van der Waals surface area contributed by atoms with Crippen molar-refractivity contribution in [1.29, 1.82) is 0 Å². The SMILES string of the molecule is CN1CCCN(c2snc(N)c2C(N)=O)CC1. The molecule has 1 aromatic rings. The molecule has 2 rings (SSSR count). The van der Waals surface area contributed by atoms with Gasteiger partial charge in [0.15, 0.2) is 5.82 Å². The van der Waals surface area contributed by atoms with E-state index in [0.717, 1.165) is 37.6 Å². The highest BCUT2D eigenvalue weighted by Gasteiger charge is 2.23. The second kappa shape index (κ2) is 4.89. The first kappa shape index (κ1) is 12.1. The third kappa shape index (κ3) is 2.50. The number of anilines is 2. The van der Waals surface area contributed by atoms with Crippen LogP contribution in [0.3, 0.4) is 0 Å². The second-order valence-electron chi connectivity index (χ2n) is 4.26. The van der Waals surface area contributed by atoms with Crippen LogP contribution in [0, 0.1) is 0 Å². The van der Waals surface area contributed by atoms with E-state index in [4.69, 9.17) is 11.5 Å². The molecule has 1 aliphatic heterocycles. The fourth-order valence-corrected chi connectivity index (χ4v) is 2.86. The van der Waals surface area contributed by atoms with Crippen molar-refractivity contribution in [2.24, 2.45) is 5.73 Å². The number of rotatable bonds is 2. The summed E-state index contributed by atoms with van der Waals surface area (Å²) in [6.45, 7) is 3.82. The summed E-state index contributed by atoms with van der Waals surface area (Å²) in [5.41, 5.74) is 11.4. The number of carbonyl (C=O) groups is 1. The monoisotopic (exact) mass is 255 g/mol. The van der Waals surface area contributed by atoms with Crippen molar-refractivity contribution >= 4 is 28.3 Å². The third-order valence-corrected chi connectivity index (χ3v) is 3.88. The molecule has 6 nitrogen and oxygen atoms in total. The molecule has 0 unspecified atom stereocenters. The van der Waals surface area contributed by atoms with Gasteiger partial charge in [-0.25, -0.2) is 0 Å². The van der Waals surface area contributed by atoms with E-state index >= 15 is 0 Å². The summed E-state index contributed by atoms with van der Waals surface area (Å²) in [6, 6.07) is 0. The molecule has 7 heteroatoms. The molecule has 1 aliphatic rings. The molecule has 1 aromatic heterocycles. The van der Waals surface area contributed by atoms with Gasteiger partial charge in [-0.05, 0) is 31.5 Å². The van der Waals surface area contributed by atoms with E-state index in [1.54, 1.807) is 0 Å². The summed E-state index contributed by atoms with van der Waals surface area (Å²) in [7, 11) is 2.10. The summed E-state index contributed by atoms with van der Waals surface area (Å²) in [6.07, 6.45) is 1.06. The largest absolute Gasteiger partial charge is 0.382 e. The number of hydrogen-bond donors (Lipinski definition) is 2. The van der Waals surface area contributed by atoms with Crippen molar-refractivity contribution in [2.75, 3.05) is 43.9 Å². The fraction of sp³-hybridized carbons (Fsp3) is 0.600. The molecule has 17 heavy (non-hydrogen) atoms. The van der Waals surface area contributed by atoms with Crippen molar-refractivity contribution in [2.45, 2.75) is 6.42 Å². The number of hydrogen-bond acceptors (Lipinski definition) is 6. The van der Waals surface area contributed by atoms with E-state index in [-0.39, 0.29) is 5.82 Å². The topological polar surface area (TPSA) is 88.5 Å². The van der Waals surface area contributed by atoms with Gasteiger partial charge in [0.25, 0.3) is 5.91 Å². The molecule has 1 saturated heterocycles. The Bertz CT molecular complexity index is 419. The first-order valence-corrected chi connectivity index (χ1v) is 6.35. The number of aromatic nitrogens is 1. The third-order valence-electron chi connectivity index (χ3n) is 2.95. The normalized spacial score (nSPS) is 18.1. The Balaban J connectivity index is 2.24. The average Bonchev–Trinajstić information content (AvgIpc) is 2.51. The first-order chi connectivity index (χ1) is 8.09. The number of carbonyl (C=O) groups excluding carboxylic acids is 1. The second-order valence-corrected chi connectivity index (χ2v) is 5.01. The van der Waals surface area contributed by atoms with Gasteiger partial charge in [0.2, 0.25) is 0 Å². The van der Waals surface area contributed by atoms with Gasteiger partial charge < -0.3 is 21.3 Å². The molecular formula is C10H17N5OS. The van der Waals surface area contributed by atoms with Gasteiger partial charge in [-0.15, -0.1) is 0 Å². The zero-order chi connectivity index (χ0) is 12.4. The zero-order valence-corrected chi connectivity index (χ0v) is 10.7. The summed E-state index contributed by atoms with van der Waals surface area (Å²) in [5, 5.41) is 0.810. The predicted octanol–water partition coefficient (Wildman–Crippen LogP) is -0.0339. The summed E-state index contributed by atoms with van der Waals surface area (Å²) in [5.74, 6) is -0.251. The van der Waals surface area contributed by atoms with Crippen LogP contribution in [-0.2, 0) is 0 Å². The lowest BCUT2D eigenvalue weighted by molar-refractivity contribution is 0.100. The minimum atomic E-state index is -0.496. The highest BCUT2D eigenvalue weighted by atomic mass is 32.1. The van der Waals surface area contributed by atoms with Crippen molar-refractivity contribution in [3.63, 3.8) is 0 Å². The summed E-state index contributed by atoms with van der Waals surface area (Å²) < 4.78 is 4.03. The first-order valence-electron chi connectivity index (χ1n) is 5.58. The minimum absolute atomic E-state index is 0.245. The maximum Gasteiger partial charge on any atom is 0.255 e. The van der Waals surface area contributed by atoms with Gasteiger partial charge in [0.05, 0.1) is 0 Å². The zero-order valence-electron chi connectivity index (χ0n) is 9.85. The Hall–Kier alpha value is -1.34. The standard InChI is InChI=1S/C10H17N5OS/c1-14-3-2-4-15(6-5-14)10-7(9(12)16)8(11)13-17-10/h2-6H2,1H3,(H2,11,13)(H2,12,16). The molecule has 0 spiro atoms. The molecule has 2 heterocycles. The van der Waals surface area contributed by atoms with E-state index in [1.165, 1.54) is 11.5 Å². The van der Waals surface area contributed by atoms with Crippen LogP contribution >= 0.6 is 11.5 Å². The van der Waals surface area contributed by atoms with E-state index in [0.29, 0.717) is 5.56 Å². The highest BCUT2D eigenvalue weighted by Crippen LogP contribution is 2.30. The van der Waals surface area contributed by atoms with Gasteiger partial charge in [0.1, 0.15) is 10.6 Å². The van der Waals surface area contributed by atoms with Crippen LogP contribution in [0.1, 0.15) is 16.8 Å². The Labute approximate surface area is 104 Å². The lowest BCUT2D eigenvalue weighted by atomic mass is 10.2. The van der Waals surface area contributed by atoms with Crippen molar-refractivity contribution < 1.29 is 4.79 Å². The van der Waals surface area contributed by atoms with E-state index < -0.39 is 5.91 Å². The maximum absolute atomic E-state index is 11.4. The molecule has 1 fully saturated rings. The fourth-order valence-electron chi connectivity index (χ4n) is 1.99. The van der Waals surface area contributed by atoms with Crippen molar-refractivity contribution in [3.8, 4) is 0 Å². The maximum atomic E-state index is 11.4. The number of nitrogens with zero attached hydrogens (tertiary/aromatic N) is 3. The average molecular weight is 255 g/mol. The van der Waals surface area contributed by atoms with Gasteiger partial charge in [0, 0.05) is 19.6 Å². The lowest BCUT2D eigenvalue weighted by Crippen LogP contribution is -2.29. The van der Waals surface area contributed by atoms with Crippen molar-refractivity contribution in [3.05, 3.63) is 5.56 Å². The highest BCUT2D eigenvalue weighted by molar-refractivity contribution is 7.11. The van der Waals surface area contributed by atoms with Crippen LogP contribution < -0.4 is 16.4 Å². The van der Waals surface area contributed by atoms with Gasteiger partial charge in [-0.2, -0.15) is 4.37 Å². The Kier molecular flexibility index (Phi) is 3.49. The smallest absolute Gasteiger partial charge is 0.255 e. The summed E-state index contributed by atoms with van der Waals surface area (Å²) >= 11 is 1.25.